The molecule has 1 heterocycles. The molecule has 1 aliphatic carbocycles. The van der Waals surface area contributed by atoms with E-state index < -0.39 is 5.41 Å². The summed E-state index contributed by atoms with van der Waals surface area (Å²) in [7, 11) is 0. The van der Waals surface area contributed by atoms with Gasteiger partial charge in [0.15, 0.2) is 5.41 Å². The van der Waals surface area contributed by atoms with Gasteiger partial charge in [-0.3, -0.25) is 4.79 Å². The maximum atomic E-state index is 12.9. The molecule has 2 aromatic carbocycles. The monoisotopic (exact) mass is 312 g/mol. The highest BCUT2D eigenvalue weighted by molar-refractivity contribution is 5.98. The zero-order chi connectivity index (χ0) is 16.6. The SMILES string of the molecule is N#Cc1ccc(C#C[C@@]2(c3ccccc3)CN(C3CC3)C2=O)cc1. The van der Waals surface area contributed by atoms with Gasteiger partial charge in [-0.15, -0.1) is 0 Å². The van der Waals surface area contributed by atoms with Crippen molar-refractivity contribution in [3.05, 3.63) is 71.3 Å². The fourth-order valence-corrected chi connectivity index (χ4v) is 3.14. The molecule has 1 saturated heterocycles. The van der Waals surface area contributed by atoms with Gasteiger partial charge in [0, 0.05) is 11.6 Å². The molecule has 1 amide bonds. The summed E-state index contributed by atoms with van der Waals surface area (Å²) in [5.41, 5.74) is 1.67. The van der Waals surface area contributed by atoms with Gasteiger partial charge in [-0.25, -0.2) is 0 Å². The fraction of sp³-hybridized carbons (Fsp3) is 0.238. The first kappa shape index (κ1) is 14.5. The van der Waals surface area contributed by atoms with Gasteiger partial charge in [0.05, 0.1) is 18.2 Å². The molecule has 4 rings (SSSR count). The smallest absolute Gasteiger partial charge is 0.247 e. The summed E-state index contributed by atoms with van der Waals surface area (Å²) in [6.07, 6.45) is 2.22. The van der Waals surface area contributed by atoms with E-state index in [-0.39, 0.29) is 5.91 Å². The Bertz CT molecular complexity index is 879. The molecule has 3 heteroatoms. The van der Waals surface area contributed by atoms with Crippen molar-refractivity contribution in [3.8, 4) is 17.9 Å². The maximum Gasteiger partial charge on any atom is 0.247 e. The second-order valence-electron chi connectivity index (χ2n) is 6.37. The van der Waals surface area contributed by atoms with Crippen LogP contribution in [0.5, 0.6) is 0 Å². The average molecular weight is 312 g/mol. The van der Waals surface area contributed by atoms with Crippen LogP contribution in [0.1, 0.15) is 29.5 Å². The molecule has 2 aromatic rings. The molecule has 0 spiro atoms. The van der Waals surface area contributed by atoms with Crippen molar-refractivity contribution in [1.29, 1.82) is 5.26 Å². The van der Waals surface area contributed by atoms with E-state index in [4.69, 9.17) is 5.26 Å². The number of benzene rings is 2. The molecule has 24 heavy (non-hydrogen) atoms. The van der Waals surface area contributed by atoms with Crippen molar-refractivity contribution in [3.63, 3.8) is 0 Å². The number of amides is 1. The summed E-state index contributed by atoms with van der Waals surface area (Å²) in [5.74, 6) is 6.50. The van der Waals surface area contributed by atoms with Crippen molar-refractivity contribution < 1.29 is 4.79 Å². The van der Waals surface area contributed by atoms with Crippen LogP contribution in [0.2, 0.25) is 0 Å². The summed E-state index contributed by atoms with van der Waals surface area (Å²) in [6, 6.07) is 19.5. The largest absolute Gasteiger partial charge is 0.336 e. The molecule has 0 N–H and O–H groups in total. The lowest BCUT2D eigenvalue weighted by molar-refractivity contribution is -0.148. The number of hydrogen-bond acceptors (Lipinski definition) is 2. The zero-order valence-corrected chi connectivity index (χ0v) is 13.2. The van der Waals surface area contributed by atoms with Crippen LogP contribution in [-0.4, -0.2) is 23.4 Å². The minimum atomic E-state index is -0.724. The van der Waals surface area contributed by atoms with Crippen molar-refractivity contribution >= 4 is 5.91 Å². The Labute approximate surface area is 141 Å². The van der Waals surface area contributed by atoms with E-state index in [9.17, 15) is 4.79 Å². The van der Waals surface area contributed by atoms with Gasteiger partial charge in [0.2, 0.25) is 5.91 Å². The Morgan fingerprint density at radius 3 is 2.25 bits per heavy atom. The minimum Gasteiger partial charge on any atom is -0.336 e. The van der Waals surface area contributed by atoms with Crippen LogP contribution >= 0.6 is 0 Å². The van der Waals surface area contributed by atoms with Gasteiger partial charge in [0.25, 0.3) is 0 Å². The number of β-lactam (4-membered cyclic amide) rings is 1. The molecule has 0 bridgehead atoms. The van der Waals surface area contributed by atoms with Crippen LogP contribution in [0.25, 0.3) is 0 Å². The first-order chi connectivity index (χ1) is 11.7. The molecule has 0 unspecified atom stereocenters. The third kappa shape index (κ3) is 2.36. The van der Waals surface area contributed by atoms with Crippen molar-refractivity contribution in [2.45, 2.75) is 24.3 Å². The van der Waals surface area contributed by atoms with E-state index in [0.717, 1.165) is 24.0 Å². The highest BCUT2D eigenvalue weighted by Crippen LogP contribution is 2.42. The normalized spacial score (nSPS) is 22.1. The number of nitriles is 1. The summed E-state index contributed by atoms with van der Waals surface area (Å²) in [4.78, 5) is 14.8. The Kier molecular flexibility index (Phi) is 3.36. The molecule has 2 fully saturated rings. The van der Waals surface area contributed by atoms with E-state index in [1.165, 1.54) is 0 Å². The standard InChI is InChI=1S/C21H16N2O/c22-14-17-8-6-16(7-9-17)12-13-21(18-4-2-1-3-5-18)15-23(20(21)24)19-10-11-19/h1-9,19H,10-11,15H2/t21-/m0/s1. The Morgan fingerprint density at radius 1 is 1.00 bits per heavy atom. The molecule has 0 aromatic heterocycles. The second-order valence-corrected chi connectivity index (χ2v) is 6.37. The Hall–Kier alpha value is -3.04. The average Bonchev–Trinajstić information content (AvgIpc) is 3.47. The van der Waals surface area contributed by atoms with Crippen LogP contribution in [-0.2, 0) is 10.2 Å². The fourth-order valence-electron chi connectivity index (χ4n) is 3.14. The van der Waals surface area contributed by atoms with Gasteiger partial charge in [-0.2, -0.15) is 5.26 Å². The lowest BCUT2D eigenvalue weighted by Crippen LogP contribution is -2.64. The molecule has 116 valence electrons. The van der Waals surface area contributed by atoms with E-state index in [1.54, 1.807) is 12.1 Å². The summed E-state index contributed by atoms with van der Waals surface area (Å²) in [6.45, 7) is 0.670. The van der Waals surface area contributed by atoms with E-state index in [2.05, 4.69) is 17.9 Å². The predicted octanol–water partition coefficient (Wildman–Crippen LogP) is 2.85. The third-order valence-electron chi connectivity index (χ3n) is 4.72. The van der Waals surface area contributed by atoms with Crippen LogP contribution in [0.15, 0.2) is 54.6 Å². The molecule has 3 nitrogen and oxygen atoms in total. The number of nitrogens with zero attached hydrogens (tertiary/aromatic N) is 2. The van der Waals surface area contributed by atoms with Crippen LogP contribution < -0.4 is 0 Å². The first-order valence-corrected chi connectivity index (χ1v) is 8.13. The lowest BCUT2D eigenvalue weighted by Gasteiger charge is -2.46. The summed E-state index contributed by atoms with van der Waals surface area (Å²) in [5, 5.41) is 8.87. The molecular formula is C21H16N2O. The van der Waals surface area contributed by atoms with Crippen molar-refractivity contribution in [2.24, 2.45) is 0 Å². The third-order valence-corrected chi connectivity index (χ3v) is 4.72. The van der Waals surface area contributed by atoms with Crippen molar-refractivity contribution in [1.82, 2.24) is 4.90 Å². The number of hydrogen-bond donors (Lipinski definition) is 0. The lowest BCUT2D eigenvalue weighted by atomic mass is 9.73. The van der Waals surface area contributed by atoms with Crippen molar-refractivity contribution in [2.75, 3.05) is 6.54 Å². The molecule has 1 atom stereocenters. The van der Waals surface area contributed by atoms with Gasteiger partial charge >= 0.3 is 0 Å². The Balaban J connectivity index is 1.68. The predicted molar refractivity (Wildman–Crippen MR) is 90.9 cm³/mol. The van der Waals surface area contributed by atoms with Gasteiger partial charge in [-0.1, -0.05) is 42.2 Å². The maximum absolute atomic E-state index is 12.9. The molecule has 0 radical (unpaired) electrons. The van der Waals surface area contributed by atoms with E-state index in [1.807, 2.05) is 47.4 Å². The van der Waals surface area contributed by atoms with Crippen LogP contribution in [0, 0.1) is 23.2 Å². The van der Waals surface area contributed by atoms with Crippen LogP contribution in [0.4, 0.5) is 0 Å². The molecule has 1 aliphatic heterocycles. The highest BCUT2D eigenvalue weighted by Gasteiger charge is 2.56. The first-order valence-electron chi connectivity index (χ1n) is 8.13. The van der Waals surface area contributed by atoms with E-state index >= 15 is 0 Å². The summed E-state index contributed by atoms with van der Waals surface area (Å²) >= 11 is 0. The van der Waals surface area contributed by atoms with Gasteiger partial charge in [0.1, 0.15) is 0 Å². The zero-order valence-electron chi connectivity index (χ0n) is 13.2. The summed E-state index contributed by atoms with van der Waals surface area (Å²) < 4.78 is 0. The molecule has 1 saturated carbocycles. The number of likely N-dealkylation sites (tertiary alicyclic amines) is 1. The Morgan fingerprint density at radius 2 is 1.67 bits per heavy atom. The molecular weight excluding hydrogens is 296 g/mol. The highest BCUT2D eigenvalue weighted by atomic mass is 16.2. The van der Waals surface area contributed by atoms with Gasteiger partial charge in [-0.05, 0) is 42.7 Å². The van der Waals surface area contributed by atoms with Gasteiger partial charge < -0.3 is 4.90 Å². The number of carbonyl (C=O) groups is 1. The number of rotatable bonds is 2. The minimum absolute atomic E-state index is 0.123. The van der Waals surface area contributed by atoms with Crippen LogP contribution in [0.3, 0.4) is 0 Å². The second kappa shape index (κ2) is 5.55. The number of carbonyl (C=O) groups excluding carboxylic acids is 1. The molecule has 2 aliphatic rings. The topological polar surface area (TPSA) is 44.1 Å². The quantitative estimate of drug-likeness (QED) is 0.632. The van der Waals surface area contributed by atoms with E-state index in [0.29, 0.717) is 18.2 Å².